The van der Waals surface area contributed by atoms with Crippen LogP contribution in [0.3, 0.4) is 0 Å². The number of halogens is 1. The molecule has 0 saturated carbocycles. The summed E-state index contributed by atoms with van der Waals surface area (Å²) < 4.78 is 13.6. The second-order valence-electron chi connectivity index (χ2n) is 4.72. The van der Waals surface area contributed by atoms with Crippen LogP contribution in [-0.2, 0) is 6.42 Å². The Hall–Kier alpha value is -1.19. The molecule has 0 bridgehead atoms. The Morgan fingerprint density at radius 1 is 1.26 bits per heavy atom. The van der Waals surface area contributed by atoms with E-state index in [0.29, 0.717) is 0 Å². The monoisotopic (exact) mass is 277 g/mol. The number of nitrogens with one attached hydrogen (secondary N) is 1. The minimum absolute atomic E-state index is 0.0920. The Kier molecular flexibility index (Phi) is 4.72. The third-order valence-corrected chi connectivity index (χ3v) is 4.25. The highest BCUT2D eigenvalue weighted by Gasteiger charge is 2.18. The molecule has 1 heterocycles. The summed E-state index contributed by atoms with van der Waals surface area (Å²) in [6.45, 7) is 7.04. The second-order valence-corrected chi connectivity index (χ2v) is 5.66. The van der Waals surface area contributed by atoms with Gasteiger partial charge in [-0.1, -0.05) is 19.9 Å². The molecular weight excluding hydrogens is 257 g/mol. The number of rotatable bonds is 5. The van der Waals surface area contributed by atoms with Gasteiger partial charge in [-0.05, 0) is 60.2 Å². The SMILES string of the molecule is CCNC(c1cc(C)cc(F)c1)c1sccc1CC. The van der Waals surface area contributed by atoms with E-state index in [1.807, 2.05) is 6.92 Å². The number of aryl methyl sites for hydroxylation is 2. The molecule has 0 saturated heterocycles. The Morgan fingerprint density at radius 3 is 2.68 bits per heavy atom. The van der Waals surface area contributed by atoms with Crippen molar-refractivity contribution >= 4 is 11.3 Å². The summed E-state index contributed by atoms with van der Waals surface area (Å²) in [4.78, 5) is 1.30. The van der Waals surface area contributed by atoms with E-state index in [1.165, 1.54) is 10.4 Å². The Morgan fingerprint density at radius 2 is 2.05 bits per heavy atom. The summed E-state index contributed by atoms with van der Waals surface area (Å²) in [7, 11) is 0. The van der Waals surface area contributed by atoms with Gasteiger partial charge in [-0.2, -0.15) is 0 Å². The molecule has 0 amide bonds. The van der Waals surface area contributed by atoms with E-state index in [4.69, 9.17) is 0 Å². The van der Waals surface area contributed by atoms with Crippen molar-refractivity contribution in [2.45, 2.75) is 33.2 Å². The van der Waals surface area contributed by atoms with Gasteiger partial charge in [0.25, 0.3) is 0 Å². The van der Waals surface area contributed by atoms with Crippen LogP contribution in [0.1, 0.15) is 41.5 Å². The largest absolute Gasteiger partial charge is 0.306 e. The van der Waals surface area contributed by atoms with Gasteiger partial charge >= 0.3 is 0 Å². The first-order valence-electron chi connectivity index (χ1n) is 6.72. The van der Waals surface area contributed by atoms with Gasteiger partial charge in [0, 0.05) is 4.88 Å². The van der Waals surface area contributed by atoms with Gasteiger partial charge in [-0.15, -0.1) is 11.3 Å². The zero-order valence-electron chi connectivity index (χ0n) is 11.7. The third kappa shape index (κ3) is 3.23. The summed E-state index contributed by atoms with van der Waals surface area (Å²) in [5.41, 5.74) is 3.32. The third-order valence-electron chi connectivity index (χ3n) is 3.23. The van der Waals surface area contributed by atoms with Crippen LogP contribution in [0.4, 0.5) is 4.39 Å². The molecule has 0 aliphatic rings. The lowest BCUT2D eigenvalue weighted by Crippen LogP contribution is -2.22. The normalized spacial score (nSPS) is 12.6. The number of benzene rings is 1. The lowest BCUT2D eigenvalue weighted by atomic mass is 9.99. The summed E-state index contributed by atoms with van der Waals surface area (Å²) in [5.74, 6) is -0.160. The maximum Gasteiger partial charge on any atom is 0.123 e. The van der Waals surface area contributed by atoms with Crippen molar-refractivity contribution in [2.24, 2.45) is 0 Å². The van der Waals surface area contributed by atoms with Crippen molar-refractivity contribution in [3.05, 3.63) is 57.0 Å². The maximum absolute atomic E-state index is 13.6. The molecule has 1 nitrogen and oxygen atoms in total. The van der Waals surface area contributed by atoms with Crippen molar-refractivity contribution in [3.63, 3.8) is 0 Å². The smallest absolute Gasteiger partial charge is 0.123 e. The first-order valence-corrected chi connectivity index (χ1v) is 7.60. The zero-order chi connectivity index (χ0) is 13.8. The van der Waals surface area contributed by atoms with Gasteiger partial charge in [-0.25, -0.2) is 4.39 Å². The molecule has 1 N–H and O–H groups in total. The molecule has 2 rings (SSSR count). The zero-order valence-corrected chi connectivity index (χ0v) is 12.5. The highest BCUT2D eigenvalue weighted by molar-refractivity contribution is 7.10. The molecule has 2 aromatic rings. The number of thiophene rings is 1. The van der Waals surface area contributed by atoms with E-state index in [9.17, 15) is 4.39 Å². The van der Waals surface area contributed by atoms with Crippen molar-refractivity contribution in [1.29, 1.82) is 0 Å². The summed E-state index contributed by atoms with van der Waals surface area (Å²) in [6.07, 6.45) is 1.01. The number of hydrogen-bond acceptors (Lipinski definition) is 2. The van der Waals surface area contributed by atoms with Crippen LogP contribution in [0.25, 0.3) is 0 Å². The van der Waals surface area contributed by atoms with Crippen LogP contribution in [0.5, 0.6) is 0 Å². The van der Waals surface area contributed by atoms with E-state index in [2.05, 4.69) is 36.7 Å². The van der Waals surface area contributed by atoms with Gasteiger partial charge < -0.3 is 5.32 Å². The fraction of sp³-hybridized carbons (Fsp3) is 0.375. The Labute approximate surface area is 118 Å². The quantitative estimate of drug-likeness (QED) is 0.851. The number of hydrogen-bond donors (Lipinski definition) is 1. The predicted molar refractivity (Wildman–Crippen MR) is 80.4 cm³/mol. The molecule has 0 aliphatic carbocycles. The van der Waals surface area contributed by atoms with Gasteiger partial charge in [0.1, 0.15) is 5.82 Å². The minimum Gasteiger partial charge on any atom is -0.306 e. The van der Waals surface area contributed by atoms with Crippen molar-refractivity contribution < 1.29 is 4.39 Å². The fourth-order valence-electron chi connectivity index (χ4n) is 2.39. The highest BCUT2D eigenvalue weighted by atomic mass is 32.1. The topological polar surface area (TPSA) is 12.0 Å². The molecule has 1 unspecified atom stereocenters. The standard InChI is InChI=1S/C16H20FNS/c1-4-12-6-7-19-16(12)15(18-5-2)13-8-11(3)9-14(17)10-13/h6-10,15,18H,4-5H2,1-3H3. The average Bonchev–Trinajstić information content (AvgIpc) is 2.82. The second kappa shape index (κ2) is 6.31. The van der Waals surface area contributed by atoms with Crippen LogP contribution in [0.2, 0.25) is 0 Å². The Bertz CT molecular complexity index is 527. The molecule has 1 aromatic carbocycles. The van der Waals surface area contributed by atoms with Gasteiger partial charge in [0.15, 0.2) is 0 Å². The molecule has 0 aliphatic heterocycles. The molecule has 1 atom stereocenters. The first-order chi connectivity index (χ1) is 9.15. The molecule has 3 heteroatoms. The highest BCUT2D eigenvalue weighted by Crippen LogP contribution is 2.31. The van der Waals surface area contributed by atoms with Crippen LogP contribution >= 0.6 is 11.3 Å². The summed E-state index contributed by atoms with van der Waals surface area (Å²) in [6, 6.07) is 7.53. The van der Waals surface area contributed by atoms with Crippen molar-refractivity contribution in [2.75, 3.05) is 6.54 Å². The molecule has 19 heavy (non-hydrogen) atoms. The average molecular weight is 277 g/mol. The van der Waals surface area contributed by atoms with Gasteiger partial charge in [-0.3, -0.25) is 0 Å². The summed E-state index contributed by atoms with van der Waals surface area (Å²) >= 11 is 1.74. The molecular formula is C16H20FNS. The van der Waals surface area contributed by atoms with Crippen LogP contribution in [0.15, 0.2) is 29.6 Å². The maximum atomic E-state index is 13.6. The van der Waals surface area contributed by atoms with E-state index in [-0.39, 0.29) is 11.9 Å². The van der Waals surface area contributed by atoms with E-state index in [1.54, 1.807) is 23.5 Å². The molecule has 102 valence electrons. The van der Waals surface area contributed by atoms with Gasteiger partial charge in [0.2, 0.25) is 0 Å². The van der Waals surface area contributed by atoms with Gasteiger partial charge in [0.05, 0.1) is 6.04 Å². The van der Waals surface area contributed by atoms with E-state index < -0.39 is 0 Å². The fourth-order valence-corrected chi connectivity index (χ4v) is 3.49. The first kappa shape index (κ1) is 14.2. The lowest BCUT2D eigenvalue weighted by Gasteiger charge is -2.19. The molecule has 0 fully saturated rings. The van der Waals surface area contributed by atoms with E-state index >= 15 is 0 Å². The summed E-state index contributed by atoms with van der Waals surface area (Å²) in [5, 5.41) is 5.59. The van der Waals surface area contributed by atoms with Crippen LogP contribution in [-0.4, -0.2) is 6.54 Å². The van der Waals surface area contributed by atoms with Crippen LogP contribution < -0.4 is 5.32 Å². The predicted octanol–water partition coefficient (Wildman–Crippen LogP) is 4.46. The van der Waals surface area contributed by atoms with E-state index in [0.717, 1.165) is 24.1 Å². The van der Waals surface area contributed by atoms with Crippen LogP contribution in [0, 0.1) is 12.7 Å². The molecule has 0 radical (unpaired) electrons. The lowest BCUT2D eigenvalue weighted by molar-refractivity contribution is 0.604. The van der Waals surface area contributed by atoms with Crippen molar-refractivity contribution in [3.8, 4) is 0 Å². The minimum atomic E-state index is -0.160. The molecule has 0 spiro atoms. The molecule has 1 aromatic heterocycles. The van der Waals surface area contributed by atoms with Crippen molar-refractivity contribution in [1.82, 2.24) is 5.32 Å². The Balaban J connectivity index is 2.45.